The lowest BCUT2D eigenvalue weighted by Crippen LogP contribution is -2.37. The van der Waals surface area contributed by atoms with E-state index < -0.39 is 5.97 Å². The van der Waals surface area contributed by atoms with E-state index in [4.69, 9.17) is 37.1 Å². The Labute approximate surface area is 105 Å². The lowest BCUT2D eigenvalue weighted by Gasteiger charge is -2.30. The van der Waals surface area contributed by atoms with Crippen LogP contribution in [0.3, 0.4) is 0 Å². The number of alkyl halides is 2. The third-order valence-electron chi connectivity index (χ3n) is 2.15. The maximum Gasteiger partial charge on any atom is 0.272 e. The van der Waals surface area contributed by atoms with Gasteiger partial charge >= 0.3 is 0 Å². The summed E-state index contributed by atoms with van der Waals surface area (Å²) in [5.41, 5.74) is 0. The van der Waals surface area contributed by atoms with Crippen molar-refractivity contribution in [1.29, 1.82) is 0 Å². The Balaban J connectivity index is 3.94. The normalized spacial score (nSPS) is 17.6. The van der Waals surface area contributed by atoms with E-state index in [0.717, 1.165) is 12.8 Å². The van der Waals surface area contributed by atoms with Crippen LogP contribution in [-0.4, -0.2) is 41.4 Å². The van der Waals surface area contributed by atoms with Crippen molar-refractivity contribution in [2.75, 3.05) is 19.6 Å². The summed E-state index contributed by atoms with van der Waals surface area (Å²) in [5, 5.41) is 0.0111. The second kappa shape index (κ2) is 8.79. The minimum absolute atomic E-state index is 0.0111. The summed E-state index contributed by atoms with van der Waals surface area (Å²) in [5.74, 6) is -0.401. The average molecular weight is 275 g/mol. The molecule has 92 valence electrons. The molecule has 0 aromatic rings. The van der Waals surface area contributed by atoms with Gasteiger partial charge in [-0.1, -0.05) is 0 Å². The van der Waals surface area contributed by atoms with Gasteiger partial charge in [0, 0.05) is 31.4 Å². The van der Waals surface area contributed by atoms with Gasteiger partial charge in [0.05, 0.1) is 0 Å². The molecule has 0 amide bonds. The third-order valence-corrected chi connectivity index (χ3v) is 3.68. The van der Waals surface area contributed by atoms with Gasteiger partial charge in [0.2, 0.25) is 0 Å². The van der Waals surface area contributed by atoms with E-state index in [0.29, 0.717) is 29.4 Å². The van der Waals surface area contributed by atoms with Crippen LogP contribution in [0.1, 0.15) is 26.2 Å². The molecule has 0 spiro atoms. The summed E-state index contributed by atoms with van der Waals surface area (Å²) in [4.78, 5) is 0. The van der Waals surface area contributed by atoms with Gasteiger partial charge in [-0.15, -0.1) is 23.2 Å². The lowest BCUT2D eigenvalue weighted by molar-refractivity contribution is -0.334. The van der Waals surface area contributed by atoms with E-state index in [1.807, 2.05) is 6.92 Å². The van der Waals surface area contributed by atoms with Crippen molar-refractivity contribution in [3.8, 4) is 0 Å². The minimum Gasteiger partial charge on any atom is -0.380 e. The molecule has 0 aliphatic heterocycles. The molecular weight excluding hydrogens is 255 g/mol. The van der Waals surface area contributed by atoms with E-state index in [1.54, 1.807) is 7.11 Å². The molecule has 0 saturated carbocycles. The molecule has 15 heavy (non-hydrogen) atoms. The molecule has 0 rings (SSSR count). The van der Waals surface area contributed by atoms with Gasteiger partial charge in [0.1, 0.15) is 0 Å². The monoisotopic (exact) mass is 274 g/mol. The fraction of sp³-hybridized carbons (Fsp3) is 1.00. The van der Waals surface area contributed by atoms with Crippen LogP contribution in [0.5, 0.6) is 0 Å². The maximum atomic E-state index is 5.91. The third kappa shape index (κ3) is 6.09. The molecule has 0 bridgehead atoms. The van der Waals surface area contributed by atoms with Gasteiger partial charge in [-0.05, 0) is 19.8 Å². The molecule has 3 nitrogen and oxygen atoms in total. The molecule has 0 aromatic heterocycles. The fourth-order valence-electron chi connectivity index (χ4n) is 1.31. The SMILES string of the molecule is CCOC(CCCC(Cl)CCl)(OC)O[SiH3]. The van der Waals surface area contributed by atoms with Crippen molar-refractivity contribution in [1.82, 2.24) is 0 Å². The molecule has 0 fully saturated rings. The lowest BCUT2D eigenvalue weighted by atomic mass is 10.2. The molecule has 2 atom stereocenters. The van der Waals surface area contributed by atoms with E-state index >= 15 is 0 Å². The predicted octanol–water partition coefficient (Wildman–Crippen LogP) is 1.64. The number of rotatable bonds is 9. The van der Waals surface area contributed by atoms with Crippen molar-refractivity contribution >= 4 is 33.7 Å². The first-order valence-corrected chi connectivity index (χ1v) is 6.87. The summed E-state index contributed by atoms with van der Waals surface area (Å²) >= 11 is 11.5. The molecule has 0 aliphatic rings. The maximum absolute atomic E-state index is 5.91. The highest BCUT2D eigenvalue weighted by atomic mass is 35.5. The van der Waals surface area contributed by atoms with Crippen LogP contribution in [0.2, 0.25) is 0 Å². The van der Waals surface area contributed by atoms with Crippen molar-refractivity contribution in [3.05, 3.63) is 0 Å². The van der Waals surface area contributed by atoms with Gasteiger partial charge in [0.25, 0.3) is 5.97 Å². The highest BCUT2D eigenvalue weighted by Gasteiger charge is 2.29. The van der Waals surface area contributed by atoms with Gasteiger partial charge in [-0.3, -0.25) is 0 Å². The number of ether oxygens (including phenoxy) is 2. The Morgan fingerprint density at radius 1 is 1.47 bits per heavy atom. The molecule has 0 heterocycles. The molecule has 0 aliphatic carbocycles. The number of methoxy groups -OCH3 is 1. The Kier molecular flexibility index (Phi) is 9.18. The zero-order valence-electron chi connectivity index (χ0n) is 9.59. The molecule has 2 unspecified atom stereocenters. The Hall–Kier alpha value is 0.677. The number of hydrogen-bond acceptors (Lipinski definition) is 3. The highest BCUT2D eigenvalue weighted by molar-refractivity contribution is 6.28. The van der Waals surface area contributed by atoms with Crippen LogP contribution >= 0.6 is 23.2 Å². The van der Waals surface area contributed by atoms with E-state index in [2.05, 4.69) is 0 Å². The smallest absolute Gasteiger partial charge is 0.272 e. The largest absolute Gasteiger partial charge is 0.380 e. The van der Waals surface area contributed by atoms with Crippen LogP contribution in [0.15, 0.2) is 0 Å². The molecular formula is C9H20Cl2O3Si. The van der Waals surface area contributed by atoms with E-state index in [-0.39, 0.29) is 5.38 Å². The Bertz CT molecular complexity index is 156. The van der Waals surface area contributed by atoms with E-state index in [9.17, 15) is 0 Å². The average Bonchev–Trinajstić information content (AvgIpc) is 2.27. The second-order valence-electron chi connectivity index (χ2n) is 3.17. The molecule has 0 aromatic carbocycles. The minimum atomic E-state index is -0.871. The summed E-state index contributed by atoms with van der Waals surface area (Å²) in [6, 6.07) is 0. The highest BCUT2D eigenvalue weighted by Crippen LogP contribution is 2.22. The first-order valence-electron chi connectivity index (χ1n) is 5.08. The van der Waals surface area contributed by atoms with Crippen LogP contribution in [0.4, 0.5) is 0 Å². The van der Waals surface area contributed by atoms with Crippen LogP contribution in [0, 0.1) is 0 Å². The summed E-state index contributed by atoms with van der Waals surface area (Å²) in [6.45, 7) is 2.48. The quantitative estimate of drug-likeness (QED) is 0.364. The first kappa shape index (κ1) is 15.7. The van der Waals surface area contributed by atoms with Crippen LogP contribution in [-0.2, 0) is 13.9 Å². The molecule has 6 heteroatoms. The van der Waals surface area contributed by atoms with Gasteiger partial charge < -0.3 is 13.9 Å². The molecule has 0 saturated heterocycles. The van der Waals surface area contributed by atoms with Crippen LogP contribution < -0.4 is 0 Å². The van der Waals surface area contributed by atoms with E-state index in [1.165, 1.54) is 0 Å². The van der Waals surface area contributed by atoms with Gasteiger partial charge in [-0.2, -0.15) is 0 Å². The Morgan fingerprint density at radius 3 is 2.53 bits per heavy atom. The summed E-state index contributed by atoms with van der Waals surface area (Å²) in [6.07, 6.45) is 2.39. The molecule has 0 radical (unpaired) electrons. The van der Waals surface area contributed by atoms with Gasteiger partial charge in [-0.25, -0.2) is 0 Å². The standard InChI is InChI=1S/C9H20Cl2O3Si/c1-3-13-9(12-2,14-15)6-4-5-8(11)7-10/h8H,3-7H2,1-2,15H3. The topological polar surface area (TPSA) is 27.7 Å². The number of halogens is 2. The van der Waals surface area contributed by atoms with Crippen molar-refractivity contribution in [2.45, 2.75) is 37.5 Å². The summed E-state index contributed by atoms with van der Waals surface area (Å²) in [7, 11) is 2.17. The predicted molar refractivity (Wildman–Crippen MR) is 66.6 cm³/mol. The zero-order valence-corrected chi connectivity index (χ0v) is 13.1. The van der Waals surface area contributed by atoms with Crippen molar-refractivity contribution in [2.24, 2.45) is 0 Å². The van der Waals surface area contributed by atoms with Gasteiger partial charge in [0.15, 0.2) is 10.5 Å². The van der Waals surface area contributed by atoms with Crippen molar-refractivity contribution < 1.29 is 13.9 Å². The Morgan fingerprint density at radius 2 is 2.13 bits per heavy atom. The van der Waals surface area contributed by atoms with Crippen LogP contribution in [0.25, 0.3) is 0 Å². The fourth-order valence-corrected chi connectivity index (χ4v) is 2.11. The van der Waals surface area contributed by atoms with Crippen molar-refractivity contribution in [3.63, 3.8) is 0 Å². The molecule has 0 N–H and O–H groups in total. The number of hydrogen-bond donors (Lipinski definition) is 0. The summed E-state index contributed by atoms with van der Waals surface area (Å²) < 4.78 is 16.1. The first-order chi connectivity index (χ1) is 7.14. The zero-order chi connectivity index (χ0) is 11.7. The second-order valence-corrected chi connectivity index (χ2v) is 4.50.